The summed E-state index contributed by atoms with van der Waals surface area (Å²) >= 11 is 0. The molecule has 1 atom stereocenters. The van der Waals surface area contributed by atoms with E-state index in [0.29, 0.717) is 5.92 Å². The molecule has 1 aromatic carbocycles. The first kappa shape index (κ1) is 14.1. The van der Waals surface area contributed by atoms with Crippen LogP contribution in [0.25, 0.3) is 5.69 Å². The Kier molecular flexibility index (Phi) is 4.18. The van der Waals surface area contributed by atoms with Gasteiger partial charge in [0.05, 0.1) is 11.9 Å². The zero-order valence-corrected chi connectivity index (χ0v) is 12.4. The lowest BCUT2D eigenvalue weighted by Gasteiger charge is -2.13. The van der Waals surface area contributed by atoms with Crippen molar-refractivity contribution in [2.75, 3.05) is 0 Å². The second-order valence-electron chi connectivity index (χ2n) is 5.80. The molecule has 0 bridgehead atoms. The topological polar surface area (TPSA) is 17.8 Å². The standard InChI is InChI=1S/C18H21FN2/c1-14(15-7-4-2-3-5-8-15)16-12-20-21(13-16)18-10-6-9-17(19)11-18/h6-7,9-14H,2-5,8H2,1H3/t14-/m0/s1. The molecule has 0 fully saturated rings. The van der Waals surface area contributed by atoms with Crippen LogP contribution in [0, 0.1) is 5.82 Å². The molecule has 3 rings (SSSR count). The average molecular weight is 284 g/mol. The smallest absolute Gasteiger partial charge is 0.125 e. The summed E-state index contributed by atoms with van der Waals surface area (Å²) in [5.74, 6) is 0.162. The van der Waals surface area contributed by atoms with Crippen LogP contribution in [0.5, 0.6) is 0 Å². The van der Waals surface area contributed by atoms with Crippen LogP contribution in [0.2, 0.25) is 0 Å². The third-order valence-electron chi connectivity index (χ3n) is 4.31. The van der Waals surface area contributed by atoms with E-state index in [0.717, 1.165) is 5.69 Å². The first-order chi connectivity index (χ1) is 10.2. The summed E-state index contributed by atoms with van der Waals surface area (Å²) in [6.07, 6.45) is 12.6. The predicted octanol–water partition coefficient (Wildman–Crippen LogP) is 5.01. The van der Waals surface area contributed by atoms with Gasteiger partial charge in [-0.25, -0.2) is 9.07 Å². The van der Waals surface area contributed by atoms with Gasteiger partial charge in [-0.2, -0.15) is 5.10 Å². The van der Waals surface area contributed by atoms with Crippen LogP contribution in [-0.4, -0.2) is 9.78 Å². The molecule has 0 N–H and O–H groups in total. The fourth-order valence-corrected chi connectivity index (χ4v) is 2.97. The zero-order valence-electron chi connectivity index (χ0n) is 12.4. The van der Waals surface area contributed by atoms with Crippen molar-refractivity contribution < 1.29 is 4.39 Å². The van der Waals surface area contributed by atoms with E-state index in [9.17, 15) is 4.39 Å². The van der Waals surface area contributed by atoms with Gasteiger partial charge in [0.15, 0.2) is 0 Å². The highest BCUT2D eigenvalue weighted by atomic mass is 19.1. The Labute approximate surface area is 125 Å². The largest absolute Gasteiger partial charge is 0.241 e. The Morgan fingerprint density at radius 1 is 1.24 bits per heavy atom. The highest BCUT2D eigenvalue weighted by Crippen LogP contribution is 2.30. The average Bonchev–Trinajstić information content (AvgIpc) is 2.82. The van der Waals surface area contributed by atoms with E-state index in [4.69, 9.17) is 0 Å². The lowest BCUT2D eigenvalue weighted by Crippen LogP contribution is -1.98. The maximum absolute atomic E-state index is 13.3. The second-order valence-corrected chi connectivity index (χ2v) is 5.80. The Balaban J connectivity index is 1.82. The van der Waals surface area contributed by atoms with Crippen LogP contribution in [0.15, 0.2) is 48.3 Å². The molecule has 2 aromatic rings. The minimum absolute atomic E-state index is 0.232. The molecule has 0 saturated heterocycles. The normalized spacial score (nSPS) is 17.1. The monoisotopic (exact) mass is 284 g/mol. The molecule has 1 aromatic heterocycles. The molecule has 3 heteroatoms. The summed E-state index contributed by atoms with van der Waals surface area (Å²) in [6, 6.07) is 6.54. The highest BCUT2D eigenvalue weighted by Gasteiger charge is 2.15. The molecular formula is C18H21FN2. The van der Waals surface area contributed by atoms with Crippen LogP contribution in [0.4, 0.5) is 4.39 Å². The van der Waals surface area contributed by atoms with Crippen molar-refractivity contribution in [2.45, 2.75) is 44.9 Å². The third-order valence-corrected chi connectivity index (χ3v) is 4.31. The van der Waals surface area contributed by atoms with Crippen molar-refractivity contribution in [3.8, 4) is 5.69 Å². The number of benzene rings is 1. The van der Waals surface area contributed by atoms with E-state index in [-0.39, 0.29) is 5.82 Å². The summed E-state index contributed by atoms with van der Waals surface area (Å²) < 4.78 is 15.1. The maximum Gasteiger partial charge on any atom is 0.125 e. The molecule has 2 nitrogen and oxygen atoms in total. The Morgan fingerprint density at radius 3 is 3.00 bits per heavy atom. The molecule has 0 spiro atoms. The van der Waals surface area contributed by atoms with Crippen LogP contribution in [0.3, 0.4) is 0 Å². The van der Waals surface area contributed by atoms with Gasteiger partial charge < -0.3 is 0 Å². The van der Waals surface area contributed by atoms with E-state index in [1.54, 1.807) is 10.7 Å². The van der Waals surface area contributed by atoms with Crippen molar-refractivity contribution in [3.05, 3.63) is 59.7 Å². The fourth-order valence-electron chi connectivity index (χ4n) is 2.97. The molecular weight excluding hydrogens is 263 g/mol. The van der Waals surface area contributed by atoms with Gasteiger partial charge in [0.1, 0.15) is 5.82 Å². The number of allylic oxidation sites excluding steroid dienone is 2. The summed E-state index contributed by atoms with van der Waals surface area (Å²) in [5, 5.41) is 4.39. The second kappa shape index (κ2) is 6.25. The number of nitrogens with zero attached hydrogens (tertiary/aromatic N) is 2. The summed E-state index contributed by atoms with van der Waals surface area (Å²) in [7, 11) is 0. The number of halogens is 1. The lowest BCUT2D eigenvalue weighted by molar-refractivity contribution is 0.625. The number of aromatic nitrogens is 2. The molecule has 1 aliphatic rings. The van der Waals surface area contributed by atoms with Crippen molar-refractivity contribution in [2.24, 2.45) is 0 Å². The number of rotatable bonds is 3. The zero-order chi connectivity index (χ0) is 14.7. The molecule has 0 saturated carbocycles. The van der Waals surface area contributed by atoms with Crippen LogP contribution in [-0.2, 0) is 0 Å². The maximum atomic E-state index is 13.3. The van der Waals surface area contributed by atoms with Crippen LogP contribution >= 0.6 is 0 Å². The summed E-state index contributed by atoms with van der Waals surface area (Å²) in [6.45, 7) is 2.24. The summed E-state index contributed by atoms with van der Waals surface area (Å²) in [4.78, 5) is 0. The first-order valence-electron chi connectivity index (χ1n) is 7.73. The molecule has 21 heavy (non-hydrogen) atoms. The van der Waals surface area contributed by atoms with Gasteiger partial charge in [-0.15, -0.1) is 0 Å². The van der Waals surface area contributed by atoms with Crippen molar-refractivity contribution in [1.82, 2.24) is 9.78 Å². The van der Waals surface area contributed by atoms with Crippen LogP contribution in [0.1, 0.15) is 50.5 Å². The van der Waals surface area contributed by atoms with Crippen molar-refractivity contribution in [3.63, 3.8) is 0 Å². The van der Waals surface area contributed by atoms with Gasteiger partial charge in [-0.1, -0.05) is 31.1 Å². The third kappa shape index (κ3) is 3.23. The quantitative estimate of drug-likeness (QED) is 0.725. The Morgan fingerprint density at radius 2 is 2.14 bits per heavy atom. The molecule has 0 amide bonds. The minimum Gasteiger partial charge on any atom is -0.241 e. The molecule has 1 heterocycles. The van der Waals surface area contributed by atoms with Crippen molar-refractivity contribution >= 4 is 0 Å². The highest BCUT2D eigenvalue weighted by molar-refractivity contribution is 5.33. The molecule has 1 aliphatic carbocycles. The van der Waals surface area contributed by atoms with Gasteiger partial charge in [0, 0.05) is 12.1 Å². The van der Waals surface area contributed by atoms with Gasteiger partial charge >= 0.3 is 0 Å². The van der Waals surface area contributed by atoms with Gasteiger partial charge in [-0.05, 0) is 49.4 Å². The Hall–Kier alpha value is -1.90. The summed E-state index contributed by atoms with van der Waals surface area (Å²) in [5.41, 5.74) is 3.49. The van der Waals surface area contributed by atoms with Gasteiger partial charge in [0.2, 0.25) is 0 Å². The number of hydrogen-bond donors (Lipinski definition) is 0. The van der Waals surface area contributed by atoms with Crippen LogP contribution < -0.4 is 0 Å². The van der Waals surface area contributed by atoms with E-state index in [1.807, 2.05) is 18.5 Å². The fraction of sp³-hybridized carbons (Fsp3) is 0.389. The van der Waals surface area contributed by atoms with E-state index in [2.05, 4.69) is 18.1 Å². The molecule has 0 radical (unpaired) electrons. The Bertz CT molecular complexity index is 642. The minimum atomic E-state index is -0.232. The van der Waals surface area contributed by atoms with Crippen molar-refractivity contribution in [1.29, 1.82) is 0 Å². The lowest BCUT2D eigenvalue weighted by atomic mass is 9.92. The molecule has 110 valence electrons. The molecule has 0 aliphatic heterocycles. The SMILES string of the molecule is C[C@@H](C1=CCCCCC1)c1cnn(-c2cccc(F)c2)c1. The van der Waals surface area contributed by atoms with Gasteiger partial charge in [0.25, 0.3) is 0 Å². The van der Waals surface area contributed by atoms with E-state index < -0.39 is 0 Å². The number of hydrogen-bond acceptors (Lipinski definition) is 1. The predicted molar refractivity (Wildman–Crippen MR) is 83.1 cm³/mol. The van der Waals surface area contributed by atoms with Gasteiger partial charge in [-0.3, -0.25) is 0 Å². The van der Waals surface area contributed by atoms with E-state index >= 15 is 0 Å². The van der Waals surface area contributed by atoms with E-state index in [1.165, 1.54) is 55.4 Å². The first-order valence-corrected chi connectivity index (χ1v) is 7.73. The molecule has 0 unspecified atom stereocenters.